The number of hydrogen-bond acceptors (Lipinski definition) is 3. The lowest BCUT2D eigenvalue weighted by molar-refractivity contribution is 0.843. The smallest absolute Gasteiger partial charge is 0.159 e. The summed E-state index contributed by atoms with van der Waals surface area (Å²) >= 11 is 9.77. The van der Waals surface area contributed by atoms with Crippen LogP contribution in [0.4, 0.5) is 0 Å². The lowest BCUT2D eigenvalue weighted by atomic mass is 10.0. The minimum Gasteiger partial charge on any atom is -0.281 e. The zero-order chi connectivity index (χ0) is 16.5. The maximum absolute atomic E-state index is 6.28. The molecule has 0 saturated carbocycles. The second kappa shape index (κ2) is 6.49. The van der Waals surface area contributed by atoms with Gasteiger partial charge < -0.3 is 0 Å². The van der Waals surface area contributed by atoms with Gasteiger partial charge in [0, 0.05) is 27.9 Å². The Hall–Kier alpha value is -1.98. The largest absolute Gasteiger partial charge is 0.281 e. The molecule has 0 amide bonds. The molecule has 24 heavy (non-hydrogen) atoms. The van der Waals surface area contributed by atoms with Crippen LogP contribution < -0.4 is 0 Å². The average Bonchev–Trinajstić information content (AvgIpc) is 2.92. The molecule has 0 N–H and O–H groups in total. The number of hydrogen-bond donors (Lipinski definition) is 0. The summed E-state index contributed by atoms with van der Waals surface area (Å²) in [6.45, 7) is 0.492. The van der Waals surface area contributed by atoms with E-state index in [9.17, 15) is 0 Å². The minimum atomic E-state index is 0.492. The van der Waals surface area contributed by atoms with Crippen LogP contribution >= 0.6 is 27.5 Å². The van der Waals surface area contributed by atoms with E-state index in [4.69, 9.17) is 16.6 Å². The predicted octanol–water partition coefficient (Wildman–Crippen LogP) is 4.21. The van der Waals surface area contributed by atoms with Crippen molar-refractivity contribution in [2.45, 2.75) is 13.0 Å². The van der Waals surface area contributed by atoms with Gasteiger partial charge in [0.25, 0.3) is 0 Å². The lowest BCUT2D eigenvalue weighted by Crippen LogP contribution is -2.10. The molecule has 0 bridgehead atoms. The van der Waals surface area contributed by atoms with Crippen molar-refractivity contribution < 1.29 is 0 Å². The predicted molar refractivity (Wildman–Crippen MR) is 99.7 cm³/mol. The highest BCUT2D eigenvalue weighted by Crippen LogP contribution is 2.28. The summed E-state index contributed by atoms with van der Waals surface area (Å²) in [6.07, 6.45) is 0.801. The second-order valence-corrected chi connectivity index (χ2v) is 6.73. The third-order valence-electron chi connectivity index (χ3n) is 4.00. The summed E-state index contributed by atoms with van der Waals surface area (Å²) in [5.41, 5.74) is 4.03. The molecule has 1 aromatic heterocycles. The van der Waals surface area contributed by atoms with Crippen LogP contribution in [-0.2, 0) is 13.0 Å². The van der Waals surface area contributed by atoms with Crippen LogP contribution in [0.5, 0.6) is 0 Å². The summed E-state index contributed by atoms with van der Waals surface area (Å²) in [5.74, 6) is 1.77. The summed E-state index contributed by atoms with van der Waals surface area (Å²) in [4.78, 5) is 4.81. The van der Waals surface area contributed by atoms with Crippen LogP contribution in [-0.4, -0.2) is 25.8 Å². The Morgan fingerprint density at radius 1 is 1.08 bits per heavy atom. The van der Waals surface area contributed by atoms with Gasteiger partial charge in [-0.15, -0.1) is 10.2 Å². The monoisotopic (exact) mass is 400 g/mol. The maximum Gasteiger partial charge on any atom is 0.159 e. The van der Waals surface area contributed by atoms with Crippen LogP contribution in [0.3, 0.4) is 0 Å². The molecule has 2 aromatic carbocycles. The van der Waals surface area contributed by atoms with Gasteiger partial charge in [-0.2, -0.15) is 0 Å². The third-order valence-corrected chi connectivity index (χ3v) is 4.63. The van der Waals surface area contributed by atoms with Crippen LogP contribution in [0.25, 0.3) is 5.69 Å². The van der Waals surface area contributed by atoms with Crippen molar-refractivity contribution in [3.8, 4) is 5.69 Å². The van der Waals surface area contributed by atoms with Gasteiger partial charge in [0.15, 0.2) is 5.82 Å². The molecule has 0 atom stereocenters. The van der Waals surface area contributed by atoms with Gasteiger partial charge >= 0.3 is 0 Å². The van der Waals surface area contributed by atoms with Crippen molar-refractivity contribution in [1.29, 1.82) is 0 Å². The van der Waals surface area contributed by atoms with Crippen molar-refractivity contribution >= 4 is 33.2 Å². The van der Waals surface area contributed by atoms with Gasteiger partial charge in [-0.25, -0.2) is 0 Å². The fourth-order valence-corrected chi connectivity index (χ4v) is 3.48. The quantitative estimate of drug-likeness (QED) is 0.617. The number of aryl methyl sites for hydroxylation is 1. The molecule has 0 fully saturated rings. The van der Waals surface area contributed by atoms with Crippen molar-refractivity contribution in [2.75, 3.05) is 5.33 Å². The van der Waals surface area contributed by atoms with Gasteiger partial charge in [-0.05, 0) is 18.2 Å². The van der Waals surface area contributed by atoms with Crippen molar-refractivity contribution in [1.82, 2.24) is 14.8 Å². The van der Waals surface area contributed by atoms with E-state index in [-0.39, 0.29) is 0 Å². The zero-order valence-electron chi connectivity index (χ0n) is 12.8. The standard InChI is InChI=1S/C18H14BrClN4/c19-9-8-16-22-23-17-11-21-18(12-4-2-1-3-5-12)14-10-13(20)6-7-15(14)24(16)17/h1-7,10H,8-9,11H2. The van der Waals surface area contributed by atoms with E-state index in [1.165, 1.54) is 0 Å². The maximum atomic E-state index is 6.28. The Kier molecular flexibility index (Phi) is 4.21. The van der Waals surface area contributed by atoms with Crippen molar-refractivity contribution in [3.05, 3.63) is 76.3 Å². The van der Waals surface area contributed by atoms with Gasteiger partial charge in [0.05, 0.1) is 11.4 Å². The van der Waals surface area contributed by atoms with E-state index >= 15 is 0 Å². The fraction of sp³-hybridized carbons (Fsp3) is 0.167. The molecule has 0 saturated heterocycles. The summed E-state index contributed by atoms with van der Waals surface area (Å²) in [6, 6.07) is 16.1. The SMILES string of the molecule is Clc1ccc2c(c1)C(c1ccccc1)=NCc1nnc(CCBr)n1-2. The van der Waals surface area contributed by atoms with Crippen molar-refractivity contribution in [3.63, 3.8) is 0 Å². The van der Waals surface area contributed by atoms with E-state index < -0.39 is 0 Å². The second-order valence-electron chi connectivity index (χ2n) is 5.50. The normalized spacial score (nSPS) is 13.0. The molecule has 0 aliphatic carbocycles. The van der Waals surface area contributed by atoms with E-state index in [0.29, 0.717) is 11.6 Å². The molecule has 0 spiro atoms. The Balaban J connectivity index is 1.96. The Morgan fingerprint density at radius 3 is 2.71 bits per heavy atom. The molecule has 1 aliphatic heterocycles. The van der Waals surface area contributed by atoms with Crippen LogP contribution in [0.2, 0.25) is 5.02 Å². The summed E-state index contributed by atoms with van der Waals surface area (Å²) in [5, 5.41) is 10.2. The number of aromatic nitrogens is 3. The van der Waals surface area contributed by atoms with E-state index in [2.05, 4.69) is 42.8 Å². The fourth-order valence-electron chi connectivity index (χ4n) is 2.95. The minimum absolute atomic E-state index is 0.492. The van der Waals surface area contributed by atoms with Crippen LogP contribution in [0, 0.1) is 0 Å². The number of benzene rings is 2. The highest BCUT2D eigenvalue weighted by Gasteiger charge is 2.22. The highest BCUT2D eigenvalue weighted by atomic mass is 79.9. The first-order valence-electron chi connectivity index (χ1n) is 7.67. The lowest BCUT2D eigenvalue weighted by Gasteiger charge is -2.13. The Labute approximate surface area is 153 Å². The number of rotatable bonds is 3. The van der Waals surface area contributed by atoms with Crippen LogP contribution in [0.15, 0.2) is 53.5 Å². The molecule has 120 valence electrons. The first kappa shape index (κ1) is 15.5. The molecular formula is C18H14BrClN4. The molecular weight excluding hydrogens is 388 g/mol. The number of nitrogens with zero attached hydrogens (tertiary/aromatic N) is 4. The van der Waals surface area contributed by atoms with E-state index in [1.807, 2.05) is 36.4 Å². The number of aliphatic imine (C=N–C) groups is 1. The first-order chi connectivity index (χ1) is 11.8. The van der Waals surface area contributed by atoms with Crippen molar-refractivity contribution in [2.24, 2.45) is 4.99 Å². The molecule has 0 unspecified atom stereocenters. The molecule has 4 rings (SSSR count). The highest BCUT2D eigenvalue weighted by molar-refractivity contribution is 9.09. The summed E-state index contributed by atoms with van der Waals surface area (Å²) < 4.78 is 2.10. The Bertz CT molecular complexity index is 918. The molecule has 1 aliphatic rings. The molecule has 0 radical (unpaired) electrons. The first-order valence-corrected chi connectivity index (χ1v) is 9.17. The summed E-state index contributed by atoms with van der Waals surface area (Å²) in [7, 11) is 0. The van der Waals surface area contributed by atoms with Gasteiger partial charge in [-0.3, -0.25) is 9.56 Å². The molecule has 2 heterocycles. The topological polar surface area (TPSA) is 43.1 Å². The zero-order valence-corrected chi connectivity index (χ0v) is 15.1. The van der Waals surface area contributed by atoms with Gasteiger partial charge in [0.1, 0.15) is 12.4 Å². The number of alkyl halides is 1. The Morgan fingerprint density at radius 2 is 1.92 bits per heavy atom. The molecule has 6 heteroatoms. The number of fused-ring (bicyclic) bond motifs is 3. The van der Waals surface area contributed by atoms with Crippen LogP contribution in [0.1, 0.15) is 22.8 Å². The molecule has 4 nitrogen and oxygen atoms in total. The van der Waals surface area contributed by atoms with Gasteiger partial charge in [0.2, 0.25) is 0 Å². The number of halogens is 2. The van der Waals surface area contributed by atoms with E-state index in [0.717, 1.165) is 45.9 Å². The van der Waals surface area contributed by atoms with Gasteiger partial charge in [-0.1, -0.05) is 57.9 Å². The average molecular weight is 402 g/mol. The molecule has 3 aromatic rings. The third kappa shape index (κ3) is 2.68. The van der Waals surface area contributed by atoms with E-state index in [1.54, 1.807) is 0 Å².